The highest BCUT2D eigenvalue weighted by Gasteiger charge is 2.32. The number of nitrogens with one attached hydrogen (secondary N) is 1. The number of nitrogens with zero attached hydrogens (tertiary/aromatic N) is 1. The lowest BCUT2D eigenvalue weighted by Crippen LogP contribution is -2.29. The minimum Gasteiger partial charge on any atom is -0.356 e. The second-order valence-electron chi connectivity index (χ2n) is 6.41. The molecule has 2 rings (SSSR count). The van der Waals surface area contributed by atoms with Crippen molar-refractivity contribution in [2.24, 2.45) is 5.41 Å². The molecule has 1 heterocycles. The van der Waals surface area contributed by atoms with Crippen molar-refractivity contribution in [3.8, 4) is 0 Å². The highest BCUT2D eigenvalue weighted by Crippen LogP contribution is 2.35. The van der Waals surface area contributed by atoms with E-state index in [0.29, 0.717) is 19.4 Å². The maximum Gasteiger partial charge on any atom is 0.221 e. The molecule has 0 aliphatic heterocycles. The number of ketones is 1. The summed E-state index contributed by atoms with van der Waals surface area (Å²) in [4.78, 5) is 23.8. The molecule has 0 bridgehead atoms. The first-order valence-electron chi connectivity index (χ1n) is 7.41. The summed E-state index contributed by atoms with van der Waals surface area (Å²) in [6.07, 6.45) is 4.87. The van der Waals surface area contributed by atoms with Crippen LogP contribution in [0.4, 0.5) is 0 Å². The van der Waals surface area contributed by atoms with E-state index in [0.717, 1.165) is 30.6 Å². The highest BCUT2D eigenvalue weighted by molar-refractivity contribution is 5.98. The number of amides is 1. The molecule has 4 nitrogen and oxygen atoms in total. The number of carbonyl (C=O) groups excluding carboxylic acids is 2. The molecule has 0 spiro atoms. The minimum absolute atomic E-state index is 0.0185. The van der Waals surface area contributed by atoms with Crippen molar-refractivity contribution in [3.63, 3.8) is 0 Å². The number of hydrogen-bond donors (Lipinski definition) is 1. The van der Waals surface area contributed by atoms with Gasteiger partial charge < -0.3 is 9.88 Å². The molecule has 0 atom stereocenters. The molecule has 0 unspecified atom stereocenters. The van der Waals surface area contributed by atoms with Gasteiger partial charge in [0.05, 0.1) is 0 Å². The van der Waals surface area contributed by atoms with Crippen LogP contribution in [-0.2, 0) is 17.8 Å². The molecule has 0 saturated heterocycles. The SMILES string of the molecule is CCCNC(=O)CCn1ccc2c1CC(C)(C)CC2=O. The molecule has 20 heavy (non-hydrogen) atoms. The zero-order valence-electron chi connectivity index (χ0n) is 12.7. The van der Waals surface area contributed by atoms with Crippen LogP contribution >= 0.6 is 0 Å². The summed E-state index contributed by atoms with van der Waals surface area (Å²) in [5.41, 5.74) is 1.96. The number of fused-ring (bicyclic) bond motifs is 1. The van der Waals surface area contributed by atoms with Crippen LogP contribution in [0.3, 0.4) is 0 Å². The minimum atomic E-state index is 0.0185. The van der Waals surface area contributed by atoms with E-state index in [2.05, 4.69) is 23.7 Å². The predicted octanol–water partition coefficient (Wildman–Crippen LogP) is 2.56. The van der Waals surface area contributed by atoms with Gasteiger partial charge in [-0.25, -0.2) is 0 Å². The van der Waals surface area contributed by atoms with Crippen LogP contribution in [0.5, 0.6) is 0 Å². The van der Waals surface area contributed by atoms with Crippen LogP contribution in [0.15, 0.2) is 12.3 Å². The topological polar surface area (TPSA) is 51.1 Å². The predicted molar refractivity (Wildman–Crippen MR) is 78.8 cm³/mol. The molecule has 4 heteroatoms. The molecule has 1 aromatic rings. The zero-order chi connectivity index (χ0) is 14.8. The Balaban J connectivity index is 2.04. The third kappa shape index (κ3) is 3.30. The van der Waals surface area contributed by atoms with Crippen molar-refractivity contribution in [1.82, 2.24) is 9.88 Å². The van der Waals surface area contributed by atoms with Gasteiger partial charge in [-0.05, 0) is 24.3 Å². The standard InChI is InChI=1S/C16H24N2O2/c1-4-7-17-15(20)6-9-18-8-5-12-13(18)10-16(2,3)11-14(12)19/h5,8H,4,6-7,9-11H2,1-3H3,(H,17,20). The Morgan fingerprint density at radius 1 is 1.40 bits per heavy atom. The average molecular weight is 276 g/mol. The van der Waals surface area contributed by atoms with Crippen molar-refractivity contribution in [2.75, 3.05) is 6.54 Å². The van der Waals surface area contributed by atoms with Gasteiger partial charge in [0.1, 0.15) is 0 Å². The normalized spacial score (nSPS) is 16.9. The molecular weight excluding hydrogens is 252 g/mol. The van der Waals surface area contributed by atoms with Gasteiger partial charge in [-0.2, -0.15) is 0 Å². The van der Waals surface area contributed by atoms with Gasteiger partial charge in [0.15, 0.2) is 5.78 Å². The Bertz CT molecular complexity index is 515. The summed E-state index contributed by atoms with van der Waals surface area (Å²) < 4.78 is 2.07. The Hall–Kier alpha value is -1.58. The third-order valence-corrected chi connectivity index (χ3v) is 3.82. The number of carbonyl (C=O) groups is 2. The zero-order valence-corrected chi connectivity index (χ0v) is 12.7. The van der Waals surface area contributed by atoms with Gasteiger partial charge in [-0.3, -0.25) is 9.59 Å². The molecule has 110 valence electrons. The van der Waals surface area contributed by atoms with E-state index in [1.54, 1.807) is 0 Å². The van der Waals surface area contributed by atoms with Crippen LogP contribution in [0.2, 0.25) is 0 Å². The van der Waals surface area contributed by atoms with Gasteiger partial charge in [-0.15, -0.1) is 0 Å². The van der Waals surface area contributed by atoms with Crippen molar-refractivity contribution in [2.45, 2.75) is 53.0 Å². The van der Waals surface area contributed by atoms with Gasteiger partial charge in [-0.1, -0.05) is 20.8 Å². The third-order valence-electron chi connectivity index (χ3n) is 3.82. The lowest BCUT2D eigenvalue weighted by Gasteiger charge is -2.29. The lowest BCUT2D eigenvalue weighted by molar-refractivity contribution is -0.121. The molecule has 1 aromatic heterocycles. The molecule has 0 saturated carbocycles. The molecule has 1 aliphatic rings. The van der Waals surface area contributed by atoms with Crippen LogP contribution in [-0.4, -0.2) is 22.8 Å². The molecule has 1 N–H and O–H groups in total. The maximum absolute atomic E-state index is 12.1. The first-order valence-corrected chi connectivity index (χ1v) is 7.41. The highest BCUT2D eigenvalue weighted by atomic mass is 16.1. The molecule has 0 aromatic carbocycles. The quantitative estimate of drug-likeness (QED) is 0.898. The first-order chi connectivity index (χ1) is 9.43. The monoisotopic (exact) mass is 276 g/mol. The van der Waals surface area contributed by atoms with E-state index in [4.69, 9.17) is 0 Å². The summed E-state index contributed by atoms with van der Waals surface area (Å²) in [7, 11) is 0. The van der Waals surface area contributed by atoms with E-state index in [1.165, 1.54) is 0 Å². The second-order valence-corrected chi connectivity index (χ2v) is 6.41. The van der Waals surface area contributed by atoms with E-state index in [9.17, 15) is 9.59 Å². The Morgan fingerprint density at radius 3 is 2.85 bits per heavy atom. The van der Waals surface area contributed by atoms with Crippen LogP contribution in [0.25, 0.3) is 0 Å². The second kappa shape index (κ2) is 5.81. The van der Waals surface area contributed by atoms with Crippen molar-refractivity contribution in [3.05, 3.63) is 23.5 Å². The maximum atomic E-state index is 12.1. The number of aromatic nitrogens is 1. The molecular formula is C16H24N2O2. The lowest BCUT2D eigenvalue weighted by atomic mass is 9.76. The number of Topliss-reactive ketones (excluding diaryl/α,β-unsaturated/α-hetero) is 1. The van der Waals surface area contributed by atoms with E-state index in [1.807, 2.05) is 19.2 Å². The fourth-order valence-electron chi connectivity index (χ4n) is 2.79. The summed E-state index contributed by atoms with van der Waals surface area (Å²) in [6, 6.07) is 1.90. The largest absolute Gasteiger partial charge is 0.356 e. The van der Waals surface area contributed by atoms with Gasteiger partial charge in [0, 0.05) is 43.4 Å². The number of aryl methyl sites for hydroxylation is 1. The Kier molecular flexibility index (Phi) is 4.31. The Morgan fingerprint density at radius 2 is 2.15 bits per heavy atom. The van der Waals surface area contributed by atoms with Gasteiger partial charge >= 0.3 is 0 Å². The van der Waals surface area contributed by atoms with Crippen LogP contribution in [0, 0.1) is 5.41 Å². The molecule has 1 aliphatic carbocycles. The fraction of sp³-hybridized carbons (Fsp3) is 0.625. The van der Waals surface area contributed by atoms with Crippen LogP contribution in [0.1, 0.15) is 56.1 Å². The van der Waals surface area contributed by atoms with Crippen molar-refractivity contribution >= 4 is 11.7 Å². The number of hydrogen-bond acceptors (Lipinski definition) is 2. The fourth-order valence-corrected chi connectivity index (χ4v) is 2.79. The Labute approximate surface area is 120 Å². The smallest absolute Gasteiger partial charge is 0.221 e. The van der Waals surface area contributed by atoms with Crippen LogP contribution < -0.4 is 5.32 Å². The van der Waals surface area contributed by atoms with Crippen molar-refractivity contribution < 1.29 is 9.59 Å². The summed E-state index contributed by atoms with van der Waals surface area (Å²) in [6.45, 7) is 7.66. The van der Waals surface area contributed by atoms with Crippen molar-refractivity contribution in [1.29, 1.82) is 0 Å². The summed E-state index contributed by atoms with van der Waals surface area (Å²) in [5, 5.41) is 2.88. The van der Waals surface area contributed by atoms with E-state index in [-0.39, 0.29) is 17.1 Å². The molecule has 1 amide bonds. The summed E-state index contributed by atoms with van der Waals surface area (Å²) in [5.74, 6) is 0.307. The van der Waals surface area contributed by atoms with Gasteiger partial charge in [0.25, 0.3) is 0 Å². The summed E-state index contributed by atoms with van der Waals surface area (Å²) >= 11 is 0. The number of rotatable bonds is 5. The van der Waals surface area contributed by atoms with E-state index >= 15 is 0 Å². The molecule has 0 fully saturated rings. The van der Waals surface area contributed by atoms with Gasteiger partial charge in [0.2, 0.25) is 5.91 Å². The average Bonchev–Trinajstić information content (AvgIpc) is 2.75. The molecule has 0 radical (unpaired) electrons. The van der Waals surface area contributed by atoms with E-state index < -0.39 is 0 Å². The first kappa shape index (κ1) is 14.8.